The van der Waals surface area contributed by atoms with Crippen LogP contribution in [0.15, 0.2) is 0 Å². The third-order valence-corrected chi connectivity index (χ3v) is 3.75. The number of carbonyl (C=O) groups is 2. The summed E-state index contributed by atoms with van der Waals surface area (Å²) in [6.45, 7) is 4.08. The van der Waals surface area contributed by atoms with Crippen molar-refractivity contribution in [3.05, 3.63) is 0 Å². The van der Waals surface area contributed by atoms with Crippen molar-refractivity contribution in [2.75, 3.05) is 0 Å². The Bertz CT molecular complexity index is 245. The second-order valence-electron chi connectivity index (χ2n) is 4.96. The molecule has 1 fully saturated rings. The van der Waals surface area contributed by atoms with E-state index >= 15 is 0 Å². The lowest BCUT2D eigenvalue weighted by atomic mass is 9.86. The van der Waals surface area contributed by atoms with E-state index in [1.54, 1.807) is 0 Å². The van der Waals surface area contributed by atoms with Crippen LogP contribution in [-0.2, 0) is 9.59 Å². The second kappa shape index (κ2) is 6.82. The van der Waals surface area contributed by atoms with Crippen molar-refractivity contribution in [2.45, 2.75) is 65.2 Å². The molecular weight excluding hydrogens is 200 g/mol. The lowest BCUT2D eigenvalue weighted by Crippen LogP contribution is -2.17. The van der Waals surface area contributed by atoms with Crippen LogP contribution in [0.4, 0.5) is 0 Å². The van der Waals surface area contributed by atoms with Gasteiger partial charge in [-0.1, -0.05) is 33.1 Å². The van der Waals surface area contributed by atoms with Crippen LogP contribution < -0.4 is 0 Å². The van der Waals surface area contributed by atoms with Gasteiger partial charge in [0.25, 0.3) is 0 Å². The maximum atomic E-state index is 11.7. The maximum absolute atomic E-state index is 11.7. The molecule has 0 aromatic carbocycles. The minimum absolute atomic E-state index is 0.196. The number of ketones is 2. The minimum atomic E-state index is 0.196. The van der Waals surface area contributed by atoms with Crippen LogP contribution in [0.2, 0.25) is 0 Å². The van der Waals surface area contributed by atoms with Gasteiger partial charge in [-0.2, -0.15) is 0 Å². The molecule has 2 nitrogen and oxygen atoms in total. The average Bonchev–Trinajstić information content (AvgIpc) is 2.61. The van der Waals surface area contributed by atoms with Gasteiger partial charge < -0.3 is 0 Å². The molecule has 0 heterocycles. The van der Waals surface area contributed by atoms with Crippen molar-refractivity contribution in [3.8, 4) is 0 Å². The Labute approximate surface area is 98.8 Å². The van der Waals surface area contributed by atoms with Crippen LogP contribution in [-0.4, -0.2) is 11.6 Å². The fourth-order valence-electron chi connectivity index (χ4n) is 2.67. The van der Waals surface area contributed by atoms with Crippen LogP contribution in [0.5, 0.6) is 0 Å². The molecule has 1 aliphatic carbocycles. The molecule has 1 aliphatic rings. The standard InChI is InChI=1S/C14H24O2/c1-3-5-6-7-13-11(8-9-14(13)16)10-12(15)4-2/h11,13H,3-10H2,1-2H3. The molecule has 0 aromatic rings. The lowest BCUT2D eigenvalue weighted by molar-refractivity contribution is -0.122. The fourth-order valence-corrected chi connectivity index (χ4v) is 2.67. The first-order valence-electron chi connectivity index (χ1n) is 6.73. The molecule has 0 N–H and O–H groups in total. The molecule has 1 saturated carbocycles. The number of hydrogen-bond acceptors (Lipinski definition) is 2. The molecule has 0 radical (unpaired) electrons. The van der Waals surface area contributed by atoms with E-state index in [2.05, 4.69) is 6.92 Å². The van der Waals surface area contributed by atoms with Crippen molar-refractivity contribution in [3.63, 3.8) is 0 Å². The Balaban J connectivity index is 2.42. The number of rotatable bonds is 7. The summed E-state index contributed by atoms with van der Waals surface area (Å²) in [6.07, 6.45) is 7.46. The first-order chi connectivity index (χ1) is 7.69. The monoisotopic (exact) mass is 224 g/mol. The van der Waals surface area contributed by atoms with Gasteiger partial charge in [0.1, 0.15) is 11.6 Å². The van der Waals surface area contributed by atoms with Crippen molar-refractivity contribution in [2.24, 2.45) is 11.8 Å². The molecule has 0 aliphatic heterocycles. The third kappa shape index (κ3) is 3.73. The molecule has 16 heavy (non-hydrogen) atoms. The molecule has 0 aromatic heterocycles. The largest absolute Gasteiger partial charge is 0.300 e. The van der Waals surface area contributed by atoms with Crippen LogP contribution >= 0.6 is 0 Å². The second-order valence-corrected chi connectivity index (χ2v) is 4.96. The minimum Gasteiger partial charge on any atom is -0.300 e. The van der Waals surface area contributed by atoms with Gasteiger partial charge in [0.2, 0.25) is 0 Å². The van der Waals surface area contributed by atoms with Gasteiger partial charge in [-0.25, -0.2) is 0 Å². The Kier molecular flexibility index (Phi) is 5.72. The van der Waals surface area contributed by atoms with E-state index in [9.17, 15) is 9.59 Å². The molecule has 1 rings (SSSR count). The third-order valence-electron chi connectivity index (χ3n) is 3.75. The number of carbonyl (C=O) groups excluding carboxylic acids is 2. The molecule has 0 saturated heterocycles. The maximum Gasteiger partial charge on any atom is 0.136 e. The number of hydrogen-bond donors (Lipinski definition) is 0. The van der Waals surface area contributed by atoms with Crippen LogP contribution in [0.3, 0.4) is 0 Å². The average molecular weight is 224 g/mol. The summed E-state index contributed by atoms with van der Waals surface area (Å²) in [7, 11) is 0. The van der Waals surface area contributed by atoms with Gasteiger partial charge >= 0.3 is 0 Å². The highest BCUT2D eigenvalue weighted by Gasteiger charge is 2.34. The van der Waals surface area contributed by atoms with Crippen molar-refractivity contribution in [1.29, 1.82) is 0 Å². The van der Waals surface area contributed by atoms with Crippen molar-refractivity contribution < 1.29 is 9.59 Å². The van der Waals surface area contributed by atoms with Gasteiger partial charge in [0, 0.05) is 25.2 Å². The molecule has 0 amide bonds. The Morgan fingerprint density at radius 2 is 2.06 bits per heavy atom. The number of unbranched alkanes of at least 4 members (excludes halogenated alkanes) is 2. The SMILES string of the molecule is CCCCCC1C(=O)CCC1CC(=O)CC. The van der Waals surface area contributed by atoms with Crippen molar-refractivity contribution >= 4 is 11.6 Å². The Hall–Kier alpha value is -0.660. The summed E-state index contributed by atoms with van der Waals surface area (Å²) in [5.74, 6) is 1.28. The predicted octanol–water partition coefficient (Wildman–Crippen LogP) is 3.53. The molecule has 0 spiro atoms. The summed E-state index contributed by atoms with van der Waals surface area (Å²) in [6, 6.07) is 0. The first-order valence-corrected chi connectivity index (χ1v) is 6.73. The van der Waals surface area contributed by atoms with E-state index in [1.165, 1.54) is 12.8 Å². The molecule has 2 atom stereocenters. The summed E-state index contributed by atoms with van der Waals surface area (Å²) in [5.41, 5.74) is 0. The predicted molar refractivity (Wildman–Crippen MR) is 65.3 cm³/mol. The van der Waals surface area contributed by atoms with Crippen LogP contribution in [0, 0.1) is 11.8 Å². The van der Waals surface area contributed by atoms with E-state index in [0.717, 1.165) is 19.3 Å². The van der Waals surface area contributed by atoms with Gasteiger partial charge in [0.05, 0.1) is 0 Å². The van der Waals surface area contributed by atoms with Crippen LogP contribution in [0.25, 0.3) is 0 Å². The molecule has 2 unspecified atom stereocenters. The molecule has 0 bridgehead atoms. The zero-order chi connectivity index (χ0) is 12.0. The fraction of sp³-hybridized carbons (Fsp3) is 0.857. The molecule has 92 valence electrons. The number of Topliss-reactive ketones (excluding diaryl/α,β-unsaturated/α-hetero) is 2. The lowest BCUT2D eigenvalue weighted by Gasteiger charge is -2.17. The van der Waals surface area contributed by atoms with E-state index in [4.69, 9.17) is 0 Å². The summed E-state index contributed by atoms with van der Waals surface area (Å²) < 4.78 is 0. The molecular formula is C14H24O2. The molecule has 2 heteroatoms. The van der Waals surface area contributed by atoms with Gasteiger partial charge in [-0.15, -0.1) is 0 Å². The summed E-state index contributed by atoms with van der Waals surface area (Å²) in [4.78, 5) is 23.2. The Morgan fingerprint density at radius 1 is 1.31 bits per heavy atom. The van der Waals surface area contributed by atoms with E-state index < -0.39 is 0 Å². The zero-order valence-corrected chi connectivity index (χ0v) is 10.6. The summed E-state index contributed by atoms with van der Waals surface area (Å²) in [5, 5.41) is 0. The zero-order valence-electron chi connectivity index (χ0n) is 10.6. The van der Waals surface area contributed by atoms with Gasteiger partial charge in [-0.05, 0) is 18.8 Å². The van der Waals surface area contributed by atoms with E-state index in [0.29, 0.717) is 36.7 Å². The van der Waals surface area contributed by atoms with Gasteiger partial charge in [-0.3, -0.25) is 9.59 Å². The van der Waals surface area contributed by atoms with E-state index in [1.807, 2.05) is 6.92 Å². The van der Waals surface area contributed by atoms with E-state index in [-0.39, 0.29) is 5.92 Å². The highest BCUT2D eigenvalue weighted by atomic mass is 16.1. The Morgan fingerprint density at radius 3 is 2.69 bits per heavy atom. The topological polar surface area (TPSA) is 34.1 Å². The smallest absolute Gasteiger partial charge is 0.136 e. The van der Waals surface area contributed by atoms with Crippen molar-refractivity contribution in [1.82, 2.24) is 0 Å². The highest BCUT2D eigenvalue weighted by molar-refractivity contribution is 5.85. The quantitative estimate of drug-likeness (QED) is 0.620. The summed E-state index contributed by atoms with van der Waals surface area (Å²) >= 11 is 0. The normalized spacial score (nSPS) is 25.0. The first kappa shape index (κ1) is 13.4. The highest BCUT2D eigenvalue weighted by Crippen LogP contribution is 2.35. The van der Waals surface area contributed by atoms with Crippen LogP contribution in [0.1, 0.15) is 65.2 Å². The van der Waals surface area contributed by atoms with Gasteiger partial charge in [0.15, 0.2) is 0 Å².